The smallest absolute Gasteiger partial charge is 0.263 e. The summed E-state index contributed by atoms with van der Waals surface area (Å²) in [5.74, 6) is -0.748. The van der Waals surface area contributed by atoms with Crippen LogP contribution in [0.1, 0.15) is 73.1 Å². The molecule has 35 heavy (non-hydrogen) atoms. The Morgan fingerprint density at radius 3 is 1.66 bits per heavy atom. The average molecular weight is 525 g/mol. The van der Waals surface area contributed by atoms with Crippen LogP contribution in [0.5, 0.6) is 0 Å². The second-order valence-corrected chi connectivity index (χ2v) is 17.0. The molecule has 194 valence electrons. The van der Waals surface area contributed by atoms with Crippen LogP contribution >= 0.6 is 0 Å². The molecule has 0 aromatic carbocycles. The first-order chi connectivity index (χ1) is 16.0. The van der Waals surface area contributed by atoms with Gasteiger partial charge in [-0.2, -0.15) is 0 Å². The van der Waals surface area contributed by atoms with Gasteiger partial charge in [0.25, 0.3) is 11.8 Å². The van der Waals surface area contributed by atoms with Gasteiger partial charge in [-0.05, 0) is 68.1 Å². The van der Waals surface area contributed by atoms with Gasteiger partial charge in [0.2, 0.25) is 20.0 Å². The number of sulfonamides is 2. The largest absolute Gasteiger partial charge is 0.269 e. The minimum Gasteiger partial charge on any atom is -0.269 e. The maximum absolute atomic E-state index is 13.5. The van der Waals surface area contributed by atoms with E-state index in [9.17, 15) is 26.4 Å². The van der Waals surface area contributed by atoms with Crippen LogP contribution in [-0.2, 0) is 29.6 Å². The number of hydrogen-bond donors (Lipinski definition) is 0. The van der Waals surface area contributed by atoms with Crippen LogP contribution in [-0.4, -0.2) is 60.8 Å². The fourth-order valence-electron chi connectivity index (χ4n) is 9.62. The summed E-state index contributed by atoms with van der Waals surface area (Å²) >= 11 is 0. The normalized spacial score (nSPS) is 45.1. The van der Waals surface area contributed by atoms with E-state index in [0.29, 0.717) is 24.7 Å². The first-order valence-corrected chi connectivity index (χ1v) is 16.0. The number of nitrogens with zero attached hydrogens (tertiary/aromatic N) is 2. The van der Waals surface area contributed by atoms with E-state index in [0.717, 1.165) is 40.4 Å². The third kappa shape index (κ3) is 2.58. The minimum absolute atomic E-state index is 0.0187. The molecule has 0 unspecified atom stereocenters. The molecule has 2 spiro atoms. The molecule has 6 fully saturated rings. The number of fused-ring (bicyclic) bond motifs is 2. The zero-order chi connectivity index (χ0) is 25.6. The summed E-state index contributed by atoms with van der Waals surface area (Å²) in [6.45, 7) is 9.89. The fourth-order valence-corrected chi connectivity index (χ4v) is 14.7. The Hall–Kier alpha value is -1.42. The van der Waals surface area contributed by atoms with Gasteiger partial charge in [-0.1, -0.05) is 27.7 Å². The van der Waals surface area contributed by atoms with Crippen LogP contribution in [0.2, 0.25) is 0 Å². The van der Waals surface area contributed by atoms with Crippen molar-refractivity contribution in [2.75, 3.05) is 11.5 Å². The number of carbonyl (C=O) groups is 2. The van der Waals surface area contributed by atoms with Gasteiger partial charge in [0, 0.05) is 22.5 Å². The fraction of sp³-hybridized carbons (Fsp3) is 0.840. The predicted molar refractivity (Wildman–Crippen MR) is 130 cm³/mol. The van der Waals surface area contributed by atoms with E-state index in [2.05, 4.69) is 27.7 Å². The summed E-state index contributed by atoms with van der Waals surface area (Å²) in [5.41, 5.74) is -1.25. The molecule has 6 aliphatic rings. The molecule has 6 atom stereocenters. The Morgan fingerprint density at radius 1 is 0.771 bits per heavy atom. The highest BCUT2D eigenvalue weighted by Crippen LogP contribution is 2.71. The first-order valence-electron chi connectivity index (χ1n) is 12.8. The topological polar surface area (TPSA) is 109 Å². The molecule has 2 aliphatic heterocycles. The number of hydrogen-bond acceptors (Lipinski definition) is 6. The van der Waals surface area contributed by atoms with Crippen molar-refractivity contribution in [3.63, 3.8) is 0 Å². The summed E-state index contributed by atoms with van der Waals surface area (Å²) in [6, 6.07) is -0.782. The molecule has 2 heterocycles. The van der Waals surface area contributed by atoms with Gasteiger partial charge in [0.1, 0.15) is 0 Å². The van der Waals surface area contributed by atoms with E-state index in [1.807, 2.05) is 0 Å². The molecule has 4 aliphatic carbocycles. The van der Waals surface area contributed by atoms with Gasteiger partial charge < -0.3 is 0 Å². The lowest BCUT2D eigenvalue weighted by atomic mass is 9.69. The zero-order valence-corrected chi connectivity index (χ0v) is 22.8. The third-order valence-corrected chi connectivity index (χ3v) is 15.7. The van der Waals surface area contributed by atoms with Crippen molar-refractivity contribution >= 4 is 31.9 Å². The van der Waals surface area contributed by atoms with Crippen molar-refractivity contribution in [2.24, 2.45) is 33.5 Å². The van der Waals surface area contributed by atoms with Crippen LogP contribution in [0.3, 0.4) is 0 Å². The monoisotopic (exact) mass is 524 g/mol. The standard InChI is InChI=1S/C25H36N2O6S2/c1-15(21(29)27-19-12-17-7-9-25(19,23(17,4)5)14-35(27,32)33)10-20(28)26-18-11-16-6-8-24(18,22(16,2)3)13-34(26,30)31/h10,16-19H,6-9,11-14H2,1-5H3/b15-10+/t16-,17-,18-,19-,24-,25-/m1/s1. The lowest BCUT2D eigenvalue weighted by Crippen LogP contribution is -2.45. The third-order valence-electron chi connectivity index (χ3n) is 11.9. The molecule has 0 aromatic rings. The molecule has 4 saturated carbocycles. The van der Waals surface area contributed by atoms with Crippen molar-refractivity contribution in [3.05, 3.63) is 11.6 Å². The maximum Gasteiger partial charge on any atom is 0.263 e. The second-order valence-electron chi connectivity index (χ2n) is 13.3. The SMILES string of the molecule is C/C(=C\C(=O)N1[C@@H]2C[C@H]3CC[C@]2(CS1(=O)=O)C3(C)C)C(=O)N1[C@@H]2C[C@H]3CC[C@]2(CS1(=O)=O)C3(C)C. The van der Waals surface area contributed by atoms with E-state index < -0.39 is 54.8 Å². The van der Waals surface area contributed by atoms with E-state index in [4.69, 9.17) is 0 Å². The van der Waals surface area contributed by atoms with Crippen molar-refractivity contribution in [1.29, 1.82) is 0 Å². The van der Waals surface area contributed by atoms with Crippen molar-refractivity contribution in [1.82, 2.24) is 8.61 Å². The molecule has 0 aromatic heterocycles. The molecule has 2 saturated heterocycles. The van der Waals surface area contributed by atoms with E-state index in [1.165, 1.54) is 6.92 Å². The Morgan fingerprint density at radius 2 is 1.20 bits per heavy atom. The molecule has 10 heteroatoms. The number of amides is 2. The molecule has 0 N–H and O–H groups in total. The quantitative estimate of drug-likeness (QED) is 0.514. The number of rotatable bonds is 2. The van der Waals surface area contributed by atoms with Crippen LogP contribution in [0.15, 0.2) is 11.6 Å². The summed E-state index contributed by atoms with van der Waals surface area (Å²) < 4.78 is 54.9. The molecule has 0 radical (unpaired) electrons. The highest BCUT2D eigenvalue weighted by molar-refractivity contribution is 7.90. The molecule has 4 bridgehead atoms. The van der Waals surface area contributed by atoms with Gasteiger partial charge in [-0.25, -0.2) is 25.4 Å². The summed E-state index contributed by atoms with van der Waals surface area (Å²) in [5, 5.41) is 0. The maximum atomic E-state index is 13.5. The van der Waals surface area contributed by atoms with Crippen LogP contribution in [0, 0.1) is 33.5 Å². The van der Waals surface area contributed by atoms with Crippen LogP contribution < -0.4 is 0 Å². The predicted octanol–water partition coefficient (Wildman–Crippen LogP) is 2.67. The summed E-state index contributed by atoms with van der Waals surface area (Å²) in [4.78, 5) is 26.9. The van der Waals surface area contributed by atoms with E-state index in [1.54, 1.807) is 0 Å². The zero-order valence-electron chi connectivity index (χ0n) is 21.2. The molecular weight excluding hydrogens is 488 g/mol. The summed E-state index contributed by atoms with van der Waals surface area (Å²) in [7, 11) is -7.64. The lowest BCUT2D eigenvalue weighted by Gasteiger charge is -2.37. The molecule has 6 rings (SSSR count). The lowest BCUT2D eigenvalue weighted by molar-refractivity contribution is -0.127. The van der Waals surface area contributed by atoms with Crippen molar-refractivity contribution < 1.29 is 26.4 Å². The Balaban J connectivity index is 1.31. The highest BCUT2D eigenvalue weighted by atomic mass is 32.2. The second kappa shape index (κ2) is 6.52. The summed E-state index contributed by atoms with van der Waals surface area (Å²) in [6.07, 6.45) is 5.89. The first kappa shape index (κ1) is 23.9. The number of carbonyl (C=O) groups excluding carboxylic acids is 2. The Kier molecular flexibility index (Phi) is 4.46. The van der Waals surface area contributed by atoms with Crippen LogP contribution in [0.4, 0.5) is 0 Å². The minimum atomic E-state index is -3.82. The molecule has 8 nitrogen and oxygen atoms in total. The molecule has 2 amide bonds. The van der Waals surface area contributed by atoms with Crippen molar-refractivity contribution in [3.8, 4) is 0 Å². The average Bonchev–Trinajstić information content (AvgIpc) is 3.41. The Labute approximate surface area is 208 Å². The van der Waals surface area contributed by atoms with Gasteiger partial charge in [-0.3, -0.25) is 9.59 Å². The Bertz CT molecular complexity index is 1300. The van der Waals surface area contributed by atoms with Gasteiger partial charge in [0.15, 0.2) is 0 Å². The van der Waals surface area contributed by atoms with Crippen LogP contribution in [0.25, 0.3) is 0 Å². The molecular formula is C25H36N2O6S2. The van der Waals surface area contributed by atoms with Gasteiger partial charge in [0.05, 0.1) is 23.6 Å². The highest BCUT2D eigenvalue weighted by Gasteiger charge is 2.73. The van der Waals surface area contributed by atoms with Gasteiger partial charge >= 0.3 is 0 Å². The van der Waals surface area contributed by atoms with Gasteiger partial charge in [-0.15, -0.1) is 0 Å². The van der Waals surface area contributed by atoms with E-state index >= 15 is 0 Å². The van der Waals surface area contributed by atoms with E-state index in [-0.39, 0.29) is 27.9 Å². The van der Waals surface area contributed by atoms with Crippen molar-refractivity contribution in [2.45, 2.75) is 85.2 Å².